The van der Waals surface area contributed by atoms with Gasteiger partial charge in [-0.3, -0.25) is 4.79 Å². The molecule has 94 valence electrons. The lowest BCUT2D eigenvalue weighted by molar-refractivity contribution is 0.0949. The van der Waals surface area contributed by atoms with Crippen LogP contribution in [0.4, 0.5) is 0 Å². The van der Waals surface area contributed by atoms with Crippen LogP contribution in [0.15, 0.2) is 30.6 Å². The van der Waals surface area contributed by atoms with E-state index in [1.807, 2.05) is 40.7 Å². The van der Waals surface area contributed by atoms with Crippen LogP contribution < -0.4 is 5.32 Å². The van der Waals surface area contributed by atoms with Crippen molar-refractivity contribution < 1.29 is 4.79 Å². The third kappa shape index (κ3) is 2.12. The molecule has 0 spiro atoms. The Kier molecular flexibility index (Phi) is 3.04. The fourth-order valence-electron chi connectivity index (χ4n) is 2.15. The van der Waals surface area contributed by atoms with E-state index in [1.54, 1.807) is 0 Å². The second kappa shape index (κ2) is 4.69. The van der Waals surface area contributed by atoms with Crippen LogP contribution in [0.25, 0.3) is 5.52 Å². The molecule has 1 aliphatic heterocycles. The molecule has 2 aromatic rings. The number of aromatic nitrogens is 1. The second-order valence-electron chi connectivity index (χ2n) is 4.83. The predicted octanol–water partition coefficient (Wildman–Crippen LogP) is 2.34. The van der Waals surface area contributed by atoms with E-state index in [9.17, 15) is 4.79 Å². The lowest BCUT2D eigenvalue weighted by Gasteiger charge is -2.24. The molecule has 0 atom stereocenters. The second-order valence-corrected chi connectivity index (χ2v) is 5.90. The third-order valence-corrected chi connectivity index (χ3v) is 4.78. The van der Waals surface area contributed by atoms with Gasteiger partial charge in [0.05, 0.1) is 5.56 Å². The van der Waals surface area contributed by atoms with Crippen molar-refractivity contribution in [1.29, 1.82) is 0 Å². The minimum absolute atomic E-state index is 0.0370. The van der Waals surface area contributed by atoms with Crippen LogP contribution in [0.2, 0.25) is 0 Å². The standard InChI is InChI=1S/C14H16N2OS/c1-10-3-2-4-16-7-12(5-13(10)16)14(17)15-6-11-8-18-9-11/h2-5,7,11H,6,8-9H2,1H3,(H,15,17). The van der Waals surface area contributed by atoms with E-state index in [1.165, 1.54) is 17.1 Å². The largest absolute Gasteiger partial charge is 0.352 e. The summed E-state index contributed by atoms with van der Waals surface area (Å²) in [5.41, 5.74) is 3.03. The summed E-state index contributed by atoms with van der Waals surface area (Å²) in [6.45, 7) is 2.86. The minimum atomic E-state index is 0.0370. The number of hydrogen-bond donors (Lipinski definition) is 1. The first kappa shape index (κ1) is 11.7. The van der Waals surface area contributed by atoms with Crippen LogP contribution in [0.3, 0.4) is 0 Å². The Morgan fingerprint density at radius 2 is 2.39 bits per heavy atom. The topological polar surface area (TPSA) is 33.5 Å². The van der Waals surface area contributed by atoms with Gasteiger partial charge < -0.3 is 9.72 Å². The van der Waals surface area contributed by atoms with Crippen LogP contribution in [0.5, 0.6) is 0 Å². The van der Waals surface area contributed by atoms with E-state index in [0.717, 1.165) is 17.6 Å². The van der Waals surface area contributed by atoms with E-state index in [-0.39, 0.29) is 5.91 Å². The first-order chi connectivity index (χ1) is 8.74. The molecule has 3 rings (SSSR count). The minimum Gasteiger partial charge on any atom is -0.352 e. The zero-order valence-electron chi connectivity index (χ0n) is 10.3. The smallest absolute Gasteiger partial charge is 0.252 e. The zero-order chi connectivity index (χ0) is 12.5. The summed E-state index contributed by atoms with van der Waals surface area (Å²) < 4.78 is 2.00. The molecule has 0 aliphatic carbocycles. The van der Waals surface area contributed by atoms with Gasteiger partial charge in [0.2, 0.25) is 0 Å². The van der Waals surface area contributed by atoms with Crippen LogP contribution >= 0.6 is 11.8 Å². The van der Waals surface area contributed by atoms with E-state index < -0.39 is 0 Å². The molecule has 3 heterocycles. The summed E-state index contributed by atoms with van der Waals surface area (Å²) in [6, 6.07) is 6.01. The number of hydrogen-bond acceptors (Lipinski definition) is 2. The molecule has 1 amide bonds. The van der Waals surface area contributed by atoms with Gasteiger partial charge in [-0.2, -0.15) is 11.8 Å². The summed E-state index contributed by atoms with van der Waals surface area (Å²) in [5, 5.41) is 3.02. The maximum atomic E-state index is 12.0. The number of carbonyl (C=O) groups excluding carboxylic acids is 1. The molecule has 0 aromatic carbocycles. The van der Waals surface area contributed by atoms with E-state index in [0.29, 0.717) is 5.92 Å². The molecule has 0 radical (unpaired) electrons. The average molecular weight is 260 g/mol. The number of amides is 1. The first-order valence-corrected chi connectivity index (χ1v) is 7.33. The van der Waals surface area contributed by atoms with Crippen molar-refractivity contribution in [3.63, 3.8) is 0 Å². The summed E-state index contributed by atoms with van der Waals surface area (Å²) in [5.74, 6) is 3.06. The zero-order valence-corrected chi connectivity index (χ0v) is 11.2. The fourth-order valence-corrected chi connectivity index (χ4v) is 2.96. The number of fused-ring (bicyclic) bond motifs is 1. The van der Waals surface area contributed by atoms with Crippen molar-refractivity contribution in [2.45, 2.75) is 6.92 Å². The highest BCUT2D eigenvalue weighted by atomic mass is 32.2. The maximum Gasteiger partial charge on any atom is 0.252 e. The highest BCUT2D eigenvalue weighted by Gasteiger charge is 2.19. The van der Waals surface area contributed by atoms with Gasteiger partial charge in [0, 0.05) is 24.5 Å². The van der Waals surface area contributed by atoms with Crippen molar-refractivity contribution in [2.75, 3.05) is 18.1 Å². The number of rotatable bonds is 3. The van der Waals surface area contributed by atoms with Crippen molar-refractivity contribution in [3.8, 4) is 0 Å². The van der Waals surface area contributed by atoms with Crippen molar-refractivity contribution in [3.05, 3.63) is 41.7 Å². The molecular weight excluding hydrogens is 244 g/mol. The highest BCUT2D eigenvalue weighted by Crippen LogP contribution is 2.23. The Labute approximate surface area is 111 Å². The Hall–Kier alpha value is -1.42. The van der Waals surface area contributed by atoms with Gasteiger partial charge in [0.25, 0.3) is 5.91 Å². The Balaban J connectivity index is 1.76. The van der Waals surface area contributed by atoms with Gasteiger partial charge in [-0.15, -0.1) is 0 Å². The Morgan fingerprint density at radius 1 is 1.56 bits per heavy atom. The highest BCUT2D eigenvalue weighted by molar-refractivity contribution is 8.00. The molecule has 0 saturated carbocycles. The van der Waals surface area contributed by atoms with Gasteiger partial charge in [-0.1, -0.05) is 6.07 Å². The lowest BCUT2D eigenvalue weighted by atomic mass is 10.2. The number of nitrogens with one attached hydrogen (secondary N) is 1. The molecule has 1 aliphatic rings. The summed E-state index contributed by atoms with van der Waals surface area (Å²) in [7, 11) is 0. The quantitative estimate of drug-likeness (QED) is 0.919. The van der Waals surface area contributed by atoms with Crippen LogP contribution in [-0.4, -0.2) is 28.4 Å². The number of nitrogens with zero attached hydrogens (tertiary/aromatic N) is 1. The molecule has 18 heavy (non-hydrogen) atoms. The number of thioether (sulfide) groups is 1. The SMILES string of the molecule is Cc1cccn2cc(C(=O)NCC3CSC3)cc12. The summed E-state index contributed by atoms with van der Waals surface area (Å²) in [6.07, 6.45) is 3.87. The van der Waals surface area contributed by atoms with E-state index in [2.05, 4.69) is 18.3 Å². The van der Waals surface area contributed by atoms with Gasteiger partial charge >= 0.3 is 0 Å². The monoisotopic (exact) mass is 260 g/mol. The maximum absolute atomic E-state index is 12.0. The molecule has 2 aromatic heterocycles. The molecule has 1 saturated heterocycles. The van der Waals surface area contributed by atoms with Crippen LogP contribution in [0, 0.1) is 12.8 Å². The van der Waals surface area contributed by atoms with Gasteiger partial charge in [0.1, 0.15) is 0 Å². The van der Waals surface area contributed by atoms with Gasteiger partial charge in [-0.05, 0) is 42.0 Å². The molecule has 1 fully saturated rings. The van der Waals surface area contributed by atoms with Crippen molar-refractivity contribution in [2.24, 2.45) is 5.92 Å². The Morgan fingerprint density at radius 3 is 3.06 bits per heavy atom. The molecule has 1 N–H and O–H groups in total. The number of pyridine rings is 1. The van der Waals surface area contributed by atoms with Crippen LogP contribution in [-0.2, 0) is 0 Å². The van der Waals surface area contributed by atoms with Gasteiger partial charge in [-0.25, -0.2) is 0 Å². The fraction of sp³-hybridized carbons (Fsp3) is 0.357. The Bertz CT molecular complexity index is 586. The number of aryl methyl sites for hydroxylation is 1. The molecular formula is C14H16N2OS. The molecule has 3 nitrogen and oxygen atoms in total. The number of carbonyl (C=O) groups is 1. The average Bonchev–Trinajstić information content (AvgIpc) is 2.72. The van der Waals surface area contributed by atoms with Crippen molar-refractivity contribution >= 4 is 23.2 Å². The van der Waals surface area contributed by atoms with E-state index in [4.69, 9.17) is 0 Å². The summed E-state index contributed by atoms with van der Waals surface area (Å²) >= 11 is 1.94. The van der Waals surface area contributed by atoms with Crippen molar-refractivity contribution in [1.82, 2.24) is 9.72 Å². The van der Waals surface area contributed by atoms with Crippen LogP contribution in [0.1, 0.15) is 15.9 Å². The third-order valence-electron chi connectivity index (χ3n) is 3.37. The van der Waals surface area contributed by atoms with E-state index >= 15 is 0 Å². The lowest BCUT2D eigenvalue weighted by Crippen LogP contribution is -2.34. The summed E-state index contributed by atoms with van der Waals surface area (Å²) in [4.78, 5) is 12.0. The van der Waals surface area contributed by atoms with Gasteiger partial charge in [0.15, 0.2) is 0 Å². The normalized spacial score (nSPS) is 15.6. The molecule has 0 bridgehead atoms. The predicted molar refractivity (Wildman–Crippen MR) is 75.3 cm³/mol. The molecule has 0 unspecified atom stereocenters. The first-order valence-electron chi connectivity index (χ1n) is 6.17. The molecule has 4 heteroatoms.